The molecule has 0 spiro atoms. The number of aromatic nitrogens is 2. The second-order valence-electron chi connectivity index (χ2n) is 8.51. The van der Waals surface area contributed by atoms with Gasteiger partial charge < -0.3 is 14.8 Å². The van der Waals surface area contributed by atoms with Crippen molar-refractivity contribution in [3.05, 3.63) is 48.3 Å². The topological polar surface area (TPSA) is 82.5 Å². The van der Waals surface area contributed by atoms with Crippen LogP contribution in [0, 0.1) is 0 Å². The number of rotatable bonds is 5. The van der Waals surface area contributed by atoms with Crippen LogP contribution in [-0.4, -0.2) is 39.1 Å². The molecular weight excluding hydrogens is 358 g/mol. The summed E-state index contributed by atoms with van der Waals surface area (Å²) >= 11 is 0. The first kappa shape index (κ1) is 21.5. The molecule has 2 rings (SSSR count). The number of para-hydroxylation sites is 1. The highest BCUT2D eigenvalue weighted by Crippen LogP contribution is 2.15. The Balaban J connectivity index is 2.24. The van der Waals surface area contributed by atoms with E-state index < -0.39 is 29.3 Å². The third-order valence-corrected chi connectivity index (χ3v) is 3.52. The molecule has 7 heteroatoms. The van der Waals surface area contributed by atoms with Crippen LogP contribution in [0.15, 0.2) is 42.6 Å². The highest BCUT2D eigenvalue weighted by molar-refractivity contribution is 5.82. The number of carbonyl (C=O) groups is 2. The second kappa shape index (κ2) is 8.46. The quantitative estimate of drug-likeness (QED) is 0.792. The zero-order chi connectivity index (χ0) is 20.9. The third-order valence-electron chi connectivity index (χ3n) is 3.52. The van der Waals surface area contributed by atoms with Crippen LogP contribution in [0.2, 0.25) is 0 Å². The summed E-state index contributed by atoms with van der Waals surface area (Å²) in [6.45, 7) is 10.6. The van der Waals surface area contributed by atoms with Crippen LogP contribution >= 0.6 is 0 Å². The van der Waals surface area contributed by atoms with Crippen LogP contribution in [0.4, 0.5) is 4.79 Å². The minimum atomic E-state index is -0.909. The summed E-state index contributed by atoms with van der Waals surface area (Å²) < 4.78 is 12.5. The van der Waals surface area contributed by atoms with Gasteiger partial charge in [-0.1, -0.05) is 18.2 Å². The van der Waals surface area contributed by atoms with Gasteiger partial charge in [-0.05, 0) is 59.7 Å². The SMILES string of the molecule is CC(C)(C)OC(=O)N[C@H](Cc1ccnn1-c1ccccc1)C(=O)OC(C)(C)C. The Morgan fingerprint density at radius 1 is 1.00 bits per heavy atom. The lowest BCUT2D eigenvalue weighted by Gasteiger charge is -2.26. The molecule has 1 aromatic carbocycles. The number of amides is 1. The highest BCUT2D eigenvalue weighted by atomic mass is 16.6. The van der Waals surface area contributed by atoms with Crippen LogP contribution < -0.4 is 5.32 Å². The molecule has 0 fully saturated rings. The van der Waals surface area contributed by atoms with Crippen molar-refractivity contribution >= 4 is 12.1 Å². The van der Waals surface area contributed by atoms with E-state index in [1.165, 1.54) is 0 Å². The molecule has 0 unspecified atom stereocenters. The molecule has 1 aromatic heterocycles. The zero-order valence-corrected chi connectivity index (χ0v) is 17.4. The van der Waals surface area contributed by atoms with Crippen molar-refractivity contribution in [3.63, 3.8) is 0 Å². The smallest absolute Gasteiger partial charge is 0.408 e. The fourth-order valence-corrected chi connectivity index (χ4v) is 2.51. The summed E-state index contributed by atoms with van der Waals surface area (Å²) in [5.74, 6) is -0.529. The van der Waals surface area contributed by atoms with Gasteiger partial charge in [-0.2, -0.15) is 5.10 Å². The molecule has 0 saturated heterocycles. The molecular formula is C21H29N3O4. The third kappa shape index (κ3) is 6.72. The summed E-state index contributed by atoms with van der Waals surface area (Å²) in [5.41, 5.74) is 0.278. The number of benzene rings is 1. The molecule has 1 amide bonds. The molecule has 152 valence electrons. The van der Waals surface area contributed by atoms with Gasteiger partial charge >= 0.3 is 12.1 Å². The van der Waals surface area contributed by atoms with Crippen molar-refractivity contribution in [2.45, 2.75) is 65.2 Å². The van der Waals surface area contributed by atoms with Gasteiger partial charge in [0.25, 0.3) is 0 Å². The van der Waals surface area contributed by atoms with Gasteiger partial charge in [-0.25, -0.2) is 14.3 Å². The Bertz CT molecular complexity index is 801. The number of hydrogen-bond donors (Lipinski definition) is 1. The molecule has 0 aliphatic rings. The van der Waals surface area contributed by atoms with Gasteiger partial charge in [0.15, 0.2) is 0 Å². The minimum absolute atomic E-state index is 0.211. The molecule has 28 heavy (non-hydrogen) atoms. The van der Waals surface area contributed by atoms with E-state index in [1.807, 2.05) is 30.3 Å². The van der Waals surface area contributed by atoms with Crippen molar-refractivity contribution in [1.29, 1.82) is 0 Å². The van der Waals surface area contributed by atoms with E-state index in [-0.39, 0.29) is 6.42 Å². The van der Waals surface area contributed by atoms with E-state index >= 15 is 0 Å². The molecule has 7 nitrogen and oxygen atoms in total. The average molecular weight is 387 g/mol. The van der Waals surface area contributed by atoms with Crippen LogP contribution in [-0.2, 0) is 20.7 Å². The minimum Gasteiger partial charge on any atom is -0.458 e. The fourth-order valence-electron chi connectivity index (χ4n) is 2.51. The summed E-state index contributed by atoms with van der Waals surface area (Å²) in [6, 6.07) is 10.5. The Morgan fingerprint density at radius 3 is 2.18 bits per heavy atom. The van der Waals surface area contributed by atoms with Gasteiger partial charge in [-0.3, -0.25) is 0 Å². The molecule has 1 heterocycles. The first-order valence-corrected chi connectivity index (χ1v) is 9.25. The van der Waals surface area contributed by atoms with E-state index in [0.29, 0.717) is 0 Å². The largest absolute Gasteiger partial charge is 0.458 e. The number of ether oxygens (including phenoxy) is 2. The number of nitrogens with one attached hydrogen (secondary N) is 1. The molecule has 1 N–H and O–H groups in total. The standard InChI is InChI=1S/C21H29N3O4/c1-20(2,3)27-18(25)17(23-19(26)28-21(4,5)6)14-16-12-13-22-24(16)15-10-8-7-9-11-15/h7-13,17H,14H2,1-6H3,(H,23,26)/t17-/m1/s1. The van der Waals surface area contributed by atoms with Gasteiger partial charge in [0.1, 0.15) is 17.2 Å². The first-order chi connectivity index (χ1) is 12.9. The molecule has 0 radical (unpaired) electrons. The predicted octanol–water partition coefficient (Wildman–Crippen LogP) is 3.65. The lowest BCUT2D eigenvalue weighted by molar-refractivity contribution is -0.157. The summed E-state index contributed by atoms with van der Waals surface area (Å²) in [7, 11) is 0. The van der Waals surface area contributed by atoms with Crippen LogP contribution in [0.25, 0.3) is 5.69 Å². The zero-order valence-electron chi connectivity index (χ0n) is 17.4. The summed E-state index contributed by atoms with van der Waals surface area (Å²) in [4.78, 5) is 25.0. The van der Waals surface area contributed by atoms with E-state index in [4.69, 9.17) is 9.47 Å². The van der Waals surface area contributed by atoms with Gasteiger partial charge in [0, 0.05) is 18.3 Å². The van der Waals surface area contributed by atoms with E-state index in [1.54, 1.807) is 58.5 Å². The van der Waals surface area contributed by atoms with Gasteiger partial charge in [-0.15, -0.1) is 0 Å². The molecule has 2 aromatic rings. The number of alkyl carbamates (subject to hydrolysis) is 1. The average Bonchev–Trinajstić information content (AvgIpc) is 3.00. The first-order valence-electron chi connectivity index (χ1n) is 9.25. The Labute approximate surface area is 166 Å². The lowest BCUT2D eigenvalue weighted by atomic mass is 10.1. The molecule has 0 aliphatic carbocycles. The Kier molecular flexibility index (Phi) is 6.48. The normalized spacial score (nSPS) is 12.9. The Hall–Kier alpha value is -2.83. The van der Waals surface area contributed by atoms with Crippen molar-refractivity contribution < 1.29 is 19.1 Å². The maximum Gasteiger partial charge on any atom is 0.408 e. The molecule has 0 saturated carbocycles. The van der Waals surface area contributed by atoms with Crippen molar-refractivity contribution in [2.75, 3.05) is 0 Å². The number of carbonyl (C=O) groups excluding carboxylic acids is 2. The maximum absolute atomic E-state index is 12.7. The van der Waals surface area contributed by atoms with Crippen LogP contribution in [0.5, 0.6) is 0 Å². The molecule has 0 bridgehead atoms. The van der Waals surface area contributed by atoms with E-state index in [9.17, 15) is 9.59 Å². The lowest BCUT2D eigenvalue weighted by Crippen LogP contribution is -2.47. The summed E-state index contributed by atoms with van der Waals surface area (Å²) in [5, 5.41) is 6.97. The van der Waals surface area contributed by atoms with Crippen molar-refractivity contribution in [3.8, 4) is 5.69 Å². The van der Waals surface area contributed by atoms with Crippen LogP contribution in [0.1, 0.15) is 47.2 Å². The fraction of sp³-hybridized carbons (Fsp3) is 0.476. The van der Waals surface area contributed by atoms with Gasteiger partial charge in [0.2, 0.25) is 0 Å². The van der Waals surface area contributed by atoms with E-state index in [2.05, 4.69) is 10.4 Å². The van der Waals surface area contributed by atoms with E-state index in [0.717, 1.165) is 11.4 Å². The second-order valence-corrected chi connectivity index (χ2v) is 8.51. The summed E-state index contributed by atoms with van der Waals surface area (Å²) in [6.07, 6.45) is 1.19. The predicted molar refractivity (Wildman–Crippen MR) is 106 cm³/mol. The number of hydrogen-bond acceptors (Lipinski definition) is 5. The highest BCUT2D eigenvalue weighted by Gasteiger charge is 2.30. The number of nitrogens with zero attached hydrogens (tertiary/aromatic N) is 2. The molecule has 1 atom stereocenters. The van der Waals surface area contributed by atoms with Crippen molar-refractivity contribution in [2.24, 2.45) is 0 Å². The Morgan fingerprint density at radius 2 is 1.61 bits per heavy atom. The monoisotopic (exact) mass is 387 g/mol. The maximum atomic E-state index is 12.7. The van der Waals surface area contributed by atoms with Crippen molar-refractivity contribution in [1.82, 2.24) is 15.1 Å². The molecule has 0 aliphatic heterocycles. The van der Waals surface area contributed by atoms with Gasteiger partial charge in [0.05, 0.1) is 5.69 Å². The van der Waals surface area contributed by atoms with Crippen LogP contribution in [0.3, 0.4) is 0 Å². The number of esters is 1.